The number of fused-ring (bicyclic) bond motifs is 1. The van der Waals surface area contributed by atoms with E-state index in [1.165, 1.54) is 18.4 Å². The number of aromatic nitrogens is 3. The van der Waals surface area contributed by atoms with Crippen LogP contribution in [-0.4, -0.2) is 14.6 Å². The highest BCUT2D eigenvalue weighted by Crippen LogP contribution is 2.17. The third kappa shape index (κ3) is 3.05. The molecule has 3 heteroatoms. The number of rotatable bonds is 2. The standard InChI is InChI=1S/C9H11N3.C4H10/c1-7(2)8-6-11-12-5-3-4-10-9(8)12;1-3-4-2/h3-7H,1-2H3;3-4H2,1-2H3. The minimum atomic E-state index is 0.484. The van der Waals surface area contributed by atoms with Crippen molar-refractivity contribution in [1.29, 1.82) is 0 Å². The molecule has 0 amide bonds. The molecule has 2 aromatic heterocycles. The average Bonchev–Trinajstić information content (AvgIpc) is 2.73. The summed E-state index contributed by atoms with van der Waals surface area (Å²) in [6.45, 7) is 8.65. The van der Waals surface area contributed by atoms with Crippen molar-refractivity contribution in [3.63, 3.8) is 0 Å². The number of unbranched alkanes of at least 4 members (excludes halogenated alkanes) is 1. The molecule has 0 aliphatic heterocycles. The lowest BCUT2D eigenvalue weighted by Crippen LogP contribution is -1.90. The predicted molar refractivity (Wildman–Crippen MR) is 67.7 cm³/mol. The van der Waals surface area contributed by atoms with E-state index in [9.17, 15) is 0 Å². The van der Waals surface area contributed by atoms with Gasteiger partial charge in [0.15, 0.2) is 5.65 Å². The van der Waals surface area contributed by atoms with E-state index >= 15 is 0 Å². The molecule has 0 atom stereocenters. The molecule has 0 radical (unpaired) electrons. The van der Waals surface area contributed by atoms with E-state index in [2.05, 4.69) is 37.8 Å². The zero-order valence-electron chi connectivity index (χ0n) is 10.6. The predicted octanol–water partition coefficient (Wildman–Crippen LogP) is 3.66. The van der Waals surface area contributed by atoms with E-state index in [-0.39, 0.29) is 0 Å². The molecule has 0 bridgehead atoms. The van der Waals surface area contributed by atoms with Gasteiger partial charge in [0, 0.05) is 18.0 Å². The molecule has 0 N–H and O–H groups in total. The fraction of sp³-hybridized carbons (Fsp3) is 0.538. The second kappa shape index (κ2) is 6.26. The Hall–Kier alpha value is -1.38. The Balaban J connectivity index is 0.000000280. The van der Waals surface area contributed by atoms with Gasteiger partial charge in [0.2, 0.25) is 0 Å². The topological polar surface area (TPSA) is 30.2 Å². The van der Waals surface area contributed by atoms with Crippen LogP contribution in [0, 0.1) is 0 Å². The van der Waals surface area contributed by atoms with Crippen LogP contribution in [0.2, 0.25) is 0 Å². The Morgan fingerprint density at radius 3 is 2.50 bits per heavy atom. The first-order valence-electron chi connectivity index (χ1n) is 5.98. The molecule has 3 nitrogen and oxygen atoms in total. The van der Waals surface area contributed by atoms with Crippen molar-refractivity contribution >= 4 is 5.65 Å². The van der Waals surface area contributed by atoms with Crippen LogP contribution in [-0.2, 0) is 0 Å². The van der Waals surface area contributed by atoms with Crippen molar-refractivity contribution in [3.05, 3.63) is 30.2 Å². The maximum Gasteiger partial charge on any atom is 0.158 e. The fourth-order valence-corrected chi connectivity index (χ4v) is 1.25. The van der Waals surface area contributed by atoms with Crippen LogP contribution in [0.15, 0.2) is 24.7 Å². The van der Waals surface area contributed by atoms with Crippen LogP contribution in [0.25, 0.3) is 5.65 Å². The Morgan fingerprint density at radius 2 is 1.94 bits per heavy atom. The SMILES string of the molecule is CC(C)c1cnn2cccnc12.CCCC. The van der Waals surface area contributed by atoms with Crippen LogP contribution in [0.4, 0.5) is 0 Å². The maximum absolute atomic E-state index is 4.26. The first-order valence-corrected chi connectivity index (χ1v) is 5.98. The monoisotopic (exact) mass is 219 g/mol. The normalized spacial score (nSPS) is 10.3. The fourth-order valence-electron chi connectivity index (χ4n) is 1.25. The first kappa shape index (κ1) is 12.7. The Bertz CT molecular complexity index is 416. The van der Waals surface area contributed by atoms with Gasteiger partial charge in [-0.25, -0.2) is 9.50 Å². The second-order valence-electron chi connectivity index (χ2n) is 4.14. The third-order valence-electron chi connectivity index (χ3n) is 2.43. The van der Waals surface area contributed by atoms with Crippen molar-refractivity contribution in [2.75, 3.05) is 0 Å². The molecule has 88 valence electrons. The van der Waals surface area contributed by atoms with Crippen LogP contribution < -0.4 is 0 Å². The molecule has 2 rings (SSSR count). The van der Waals surface area contributed by atoms with Crippen molar-refractivity contribution < 1.29 is 0 Å². The molecule has 16 heavy (non-hydrogen) atoms. The Kier molecular flexibility index (Phi) is 4.96. The molecule has 2 aromatic rings. The van der Waals surface area contributed by atoms with Gasteiger partial charge in [-0.05, 0) is 12.0 Å². The van der Waals surface area contributed by atoms with Gasteiger partial charge in [-0.1, -0.05) is 40.5 Å². The molecule has 0 aliphatic rings. The van der Waals surface area contributed by atoms with Gasteiger partial charge >= 0.3 is 0 Å². The highest BCUT2D eigenvalue weighted by Gasteiger charge is 2.06. The minimum Gasteiger partial charge on any atom is -0.237 e. The zero-order chi connectivity index (χ0) is 12.0. The summed E-state index contributed by atoms with van der Waals surface area (Å²) >= 11 is 0. The number of hydrogen-bond acceptors (Lipinski definition) is 2. The molecular weight excluding hydrogens is 198 g/mol. The third-order valence-corrected chi connectivity index (χ3v) is 2.43. The summed E-state index contributed by atoms with van der Waals surface area (Å²) in [4.78, 5) is 4.26. The first-order chi connectivity index (χ1) is 7.70. The van der Waals surface area contributed by atoms with Crippen molar-refractivity contribution in [1.82, 2.24) is 14.6 Å². The maximum atomic E-state index is 4.26. The summed E-state index contributed by atoms with van der Waals surface area (Å²) in [6, 6.07) is 1.88. The Labute approximate surface area is 97.5 Å². The highest BCUT2D eigenvalue weighted by molar-refractivity contribution is 5.47. The van der Waals surface area contributed by atoms with Crippen molar-refractivity contribution in [3.8, 4) is 0 Å². The van der Waals surface area contributed by atoms with E-state index in [0.717, 1.165) is 5.65 Å². The summed E-state index contributed by atoms with van der Waals surface area (Å²) < 4.78 is 1.80. The molecule has 0 unspecified atom stereocenters. The summed E-state index contributed by atoms with van der Waals surface area (Å²) in [7, 11) is 0. The average molecular weight is 219 g/mol. The molecule has 0 aliphatic carbocycles. The molecule has 0 fully saturated rings. The molecule has 0 spiro atoms. The molecule has 0 saturated heterocycles. The smallest absolute Gasteiger partial charge is 0.158 e. The van der Waals surface area contributed by atoms with Gasteiger partial charge in [-0.15, -0.1) is 0 Å². The van der Waals surface area contributed by atoms with Crippen LogP contribution in [0.5, 0.6) is 0 Å². The van der Waals surface area contributed by atoms with E-state index in [1.54, 1.807) is 10.7 Å². The Morgan fingerprint density at radius 1 is 1.25 bits per heavy atom. The largest absolute Gasteiger partial charge is 0.237 e. The van der Waals surface area contributed by atoms with E-state index in [1.807, 2.05) is 18.5 Å². The zero-order valence-corrected chi connectivity index (χ0v) is 10.6. The minimum absolute atomic E-state index is 0.484. The van der Waals surface area contributed by atoms with Gasteiger partial charge < -0.3 is 0 Å². The van der Waals surface area contributed by atoms with Gasteiger partial charge in [0.25, 0.3) is 0 Å². The summed E-state index contributed by atoms with van der Waals surface area (Å²) in [5, 5.41) is 4.19. The summed E-state index contributed by atoms with van der Waals surface area (Å²) in [6.07, 6.45) is 8.23. The molecule has 0 saturated carbocycles. The highest BCUT2D eigenvalue weighted by atomic mass is 15.2. The van der Waals surface area contributed by atoms with Gasteiger partial charge in [-0.2, -0.15) is 5.10 Å². The van der Waals surface area contributed by atoms with Crippen LogP contribution in [0.3, 0.4) is 0 Å². The summed E-state index contributed by atoms with van der Waals surface area (Å²) in [5.74, 6) is 0.484. The lowest BCUT2D eigenvalue weighted by molar-refractivity contribution is 0.871. The van der Waals surface area contributed by atoms with Crippen LogP contribution in [0.1, 0.15) is 52.0 Å². The van der Waals surface area contributed by atoms with Crippen LogP contribution >= 0.6 is 0 Å². The lowest BCUT2D eigenvalue weighted by Gasteiger charge is -1.99. The van der Waals surface area contributed by atoms with Gasteiger partial charge in [0.05, 0.1) is 6.20 Å². The number of hydrogen-bond donors (Lipinski definition) is 0. The lowest BCUT2D eigenvalue weighted by atomic mass is 10.1. The van der Waals surface area contributed by atoms with E-state index < -0.39 is 0 Å². The van der Waals surface area contributed by atoms with E-state index in [4.69, 9.17) is 0 Å². The van der Waals surface area contributed by atoms with Crippen molar-refractivity contribution in [2.24, 2.45) is 0 Å². The second-order valence-corrected chi connectivity index (χ2v) is 4.14. The number of nitrogens with zero attached hydrogens (tertiary/aromatic N) is 3. The summed E-state index contributed by atoms with van der Waals surface area (Å²) in [5.41, 5.74) is 2.17. The van der Waals surface area contributed by atoms with Gasteiger partial charge in [0.1, 0.15) is 0 Å². The van der Waals surface area contributed by atoms with Crippen molar-refractivity contribution in [2.45, 2.75) is 46.5 Å². The molecule has 0 aromatic carbocycles. The molecule has 2 heterocycles. The van der Waals surface area contributed by atoms with Gasteiger partial charge in [-0.3, -0.25) is 0 Å². The van der Waals surface area contributed by atoms with E-state index in [0.29, 0.717) is 5.92 Å². The molecular formula is C13H21N3. The quantitative estimate of drug-likeness (QED) is 0.771.